The predicted octanol–water partition coefficient (Wildman–Crippen LogP) is 0.855. The number of benzene rings is 1. The number of rotatable bonds is 5. The van der Waals surface area contributed by atoms with Gasteiger partial charge in [0.1, 0.15) is 0 Å². The van der Waals surface area contributed by atoms with Gasteiger partial charge in [0.25, 0.3) is 5.91 Å². The molecule has 4 rings (SSSR count). The zero-order chi connectivity index (χ0) is 19.5. The number of aliphatic hydroxyl groups is 1. The number of aromatic nitrogens is 2. The number of amides is 1. The molecule has 1 saturated heterocycles. The van der Waals surface area contributed by atoms with E-state index in [2.05, 4.69) is 15.2 Å². The van der Waals surface area contributed by atoms with Crippen LogP contribution in [0, 0.1) is 0 Å². The molecule has 146 valence electrons. The lowest BCUT2D eigenvalue weighted by molar-refractivity contribution is 0.0367. The Morgan fingerprint density at radius 1 is 1.21 bits per heavy atom. The molecule has 1 amide bonds. The maximum Gasteiger partial charge on any atom is 0.419 e. The molecule has 0 unspecified atom stereocenters. The minimum Gasteiger partial charge on any atom is -0.408 e. The number of oxazole rings is 1. The van der Waals surface area contributed by atoms with E-state index < -0.39 is 6.10 Å². The van der Waals surface area contributed by atoms with E-state index in [0.29, 0.717) is 37.2 Å². The summed E-state index contributed by atoms with van der Waals surface area (Å²) in [5, 5.41) is 13.4. The minimum absolute atomic E-state index is 0.212. The number of piperidine rings is 1. The van der Waals surface area contributed by atoms with E-state index in [9.17, 15) is 14.7 Å². The zero-order valence-electron chi connectivity index (χ0n) is 15.3. The van der Waals surface area contributed by atoms with Crippen molar-refractivity contribution in [2.45, 2.75) is 25.1 Å². The van der Waals surface area contributed by atoms with E-state index in [1.54, 1.807) is 35.2 Å². The molecular formula is C20H22N4O4. The molecule has 2 atom stereocenters. The fraction of sp³-hybridized carbons (Fsp3) is 0.350. The fourth-order valence-electron chi connectivity index (χ4n) is 3.59. The molecule has 1 aliphatic heterocycles. The molecule has 2 N–H and O–H groups in total. The van der Waals surface area contributed by atoms with Crippen molar-refractivity contribution in [3.8, 4) is 0 Å². The van der Waals surface area contributed by atoms with Crippen molar-refractivity contribution in [2.24, 2.45) is 0 Å². The molecule has 3 aromatic rings. The summed E-state index contributed by atoms with van der Waals surface area (Å²) in [6.07, 6.45) is 3.10. The van der Waals surface area contributed by atoms with Gasteiger partial charge in [-0.1, -0.05) is 12.1 Å². The van der Waals surface area contributed by atoms with E-state index in [-0.39, 0.29) is 17.7 Å². The van der Waals surface area contributed by atoms with Crippen LogP contribution in [0.25, 0.3) is 11.1 Å². The number of β-amino-alcohol motifs (C(OH)–C–C–N with tert-alkyl or cyclic N) is 1. The van der Waals surface area contributed by atoms with Crippen LogP contribution in [0.3, 0.4) is 0 Å². The molecule has 8 nitrogen and oxygen atoms in total. The van der Waals surface area contributed by atoms with Crippen LogP contribution < -0.4 is 11.1 Å². The van der Waals surface area contributed by atoms with E-state index in [1.807, 2.05) is 18.2 Å². The van der Waals surface area contributed by atoms with Crippen molar-refractivity contribution in [3.05, 3.63) is 64.9 Å². The third-order valence-corrected chi connectivity index (χ3v) is 5.14. The number of para-hydroxylation sites is 2. The van der Waals surface area contributed by atoms with Gasteiger partial charge in [0.2, 0.25) is 0 Å². The van der Waals surface area contributed by atoms with Crippen molar-refractivity contribution in [1.29, 1.82) is 0 Å². The second-order valence-corrected chi connectivity index (χ2v) is 6.96. The first-order valence-electron chi connectivity index (χ1n) is 9.31. The molecule has 0 spiro atoms. The first kappa shape index (κ1) is 18.4. The summed E-state index contributed by atoms with van der Waals surface area (Å²) in [7, 11) is 0. The van der Waals surface area contributed by atoms with Gasteiger partial charge in [-0.25, -0.2) is 4.79 Å². The molecule has 1 aromatic carbocycles. The van der Waals surface area contributed by atoms with Gasteiger partial charge in [-0.3, -0.25) is 19.2 Å². The third kappa shape index (κ3) is 3.83. The van der Waals surface area contributed by atoms with Gasteiger partial charge in [0.05, 0.1) is 17.7 Å². The number of aliphatic hydroxyl groups excluding tert-OH is 1. The number of carbonyl (C=O) groups excluding carboxylic acids is 1. The minimum atomic E-state index is -0.669. The van der Waals surface area contributed by atoms with Gasteiger partial charge in [-0.05, 0) is 30.7 Å². The summed E-state index contributed by atoms with van der Waals surface area (Å²) in [6, 6.07) is 10.3. The number of carbonyl (C=O) groups is 1. The van der Waals surface area contributed by atoms with Crippen LogP contribution in [0.1, 0.15) is 16.8 Å². The maximum atomic E-state index is 12.3. The molecule has 0 saturated carbocycles. The fourth-order valence-corrected chi connectivity index (χ4v) is 3.59. The van der Waals surface area contributed by atoms with Crippen LogP contribution in [-0.4, -0.2) is 57.2 Å². The summed E-state index contributed by atoms with van der Waals surface area (Å²) in [5.41, 5.74) is 1.87. The van der Waals surface area contributed by atoms with Gasteiger partial charge in [0, 0.05) is 44.1 Å². The number of hydrogen-bond acceptors (Lipinski definition) is 6. The number of pyridine rings is 1. The number of nitrogens with zero attached hydrogens (tertiary/aromatic N) is 3. The number of hydrogen-bond donors (Lipinski definition) is 2. The van der Waals surface area contributed by atoms with Crippen molar-refractivity contribution in [2.75, 3.05) is 19.6 Å². The normalized spacial score (nSPS) is 20.3. The molecule has 1 aliphatic rings. The van der Waals surface area contributed by atoms with Crippen LogP contribution in [0.2, 0.25) is 0 Å². The van der Waals surface area contributed by atoms with Crippen molar-refractivity contribution in [1.82, 2.24) is 19.8 Å². The highest BCUT2D eigenvalue weighted by molar-refractivity contribution is 5.94. The average molecular weight is 382 g/mol. The first-order valence-corrected chi connectivity index (χ1v) is 9.31. The van der Waals surface area contributed by atoms with Gasteiger partial charge >= 0.3 is 5.76 Å². The van der Waals surface area contributed by atoms with E-state index in [0.717, 1.165) is 12.1 Å². The number of fused-ring (bicyclic) bond motifs is 1. The lowest BCUT2D eigenvalue weighted by atomic mass is 10.0. The molecule has 0 bridgehead atoms. The third-order valence-electron chi connectivity index (χ3n) is 5.14. The molecular weight excluding hydrogens is 360 g/mol. The predicted molar refractivity (Wildman–Crippen MR) is 103 cm³/mol. The smallest absolute Gasteiger partial charge is 0.408 e. The summed E-state index contributed by atoms with van der Waals surface area (Å²) >= 11 is 0. The lowest BCUT2D eigenvalue weighted by Crippen LogP contribution is -2.54. The van der Waals surface area contributed by atoms with Crippen LogP contribution in [0.5, 0.6) is 0 Å². The molecule has 2 aromatic heterocycles. The Hall–Kier alpha value is -2.97. The lowest BCUT2D eigenvalue weighted by Gasteiger charge is -2.36. The Morgan fingerprint density at radius 3 is 2.79 bits per heavy atom. The Kier molecular flexibility index (Phi) is 5.23. The zero-order valence-corrected chi connectivity index (χ0v) is 15.3. The second kappa shape index (κ2) is 7.95. The van der Waals surface area contributed by atoms with Crippen molar-refractivity contribution >= 4 is 17.0 Å². The highest BCUT2D eigenvalue weighted by Gasteiger charge is 2.29. The van der Waals surface area contributed by atoms with Gasteiger partial charge in [-0.2, -0.15) is 0 Å². The highest BCUT2D eigenvalue weighted by atomic mass is 16.4. The topological polar surface area (TPSA) is 101 Å². The Labute approximate surface area is 161 Å². The van der Waals surface area contributed by atoms with Gasteiger partial charge < -0.3 is 14.8 Å². The SMILES string of the molecule is O=C(N[C@@H]1CCN(CCn2c(=O)oc3ccccc32)C[C@H]1O)c1ccncc1. The second-order valence-electron chi connectivity index (χ2n) is 6.96. The largest absolute Gasteiger partial charge is 0.419 e. The molecule has 1 fully saturated rings. The maximum absolute atomic E-state index is 12.3. The Balaban J connectivity index is 1.33. The van der Waals surface area contributed by atoms with Crippen molar-refractivity contribution in [3.63, 3.8) is 0 Å². The standard InChI is InChI=1S/C20H22N4O4/c25-17-13-23(10-7-15(17)22-19(26)14-5-8-21-9-6-14)11-12-24-16-3-1-2-4-18(16)28-20(24)27/h1-6,8-9,15,17,25H,7,10-13H2,(H,22,26)/t15-,17-/m1/s1. The monoisotopic (exact) mass is 382 g/mol. The summed E-state index contributed by atoms with van der Waals surface area (Å²) in [4.78, 5) is 30.3. The van der Waals surface area contributed by atoms with Crippen LogP contribution in [0.15, 0.2) is 58.0 Å². The number of likely N-dealkylation sites (tertiary alicyclic amines) is 1. The van der Waals surface area contributed by atoms with Gasteiger partial charge in [-0.15, -0.1) is 0 Å². The van der Waals surface area contributed by atoms with Gasteiger partial charge in [0.15, 0.2) is 5.58 Å². The molecule has 3 heterocycles. The van der Waals surface area contributed by atoms with Crippen molar-refractivity contribution < 1.29 is 14.3 Å². The quantitative estimate of drug-likeness (QED) is 0.679. The number of nitrogens with one attached hydrogen (secondary N) is 1. The molecule has 28 heavy (non-hydrogen) atoms. The van der Waals surface area contributed by atoms with E-state index in [1.165, 1.54) is 0 Å². The Morgan fingerprint density at radius 2 is 2.00 bits per heavy atom. The molecule has 8 heteroatoms. The summed E-state index contributed by atoms with van der Waals surface area (Å²) < 4.78 is 6.86. The van der Waals surface area contributed by atoms with Crippen LogP contribution in [-0.2, 0) is 6.54 Å². The Bertz CT molecular complexity index is 1010. The van der Waals surface area contributed by atoms with E-state index in [4.69, 9.17) is 4.42 Å². The molecule has 0 aliphatic carbocycles. The first-order chi connectivity index (χ1) is 13.6. The van der Waals surface area contributed by atoms with Crippen LogP contribution >= 0.6 is 0 Å². The van der Waals surface area contributed by atoms with E-state index >= 15 is 0 Å². The molecule has 0 radical (unpaired) electrons. The average Bonchev–Trinajstić information content (AvgIpc) is 3.04. The highest BCUT2D eigenvalue weighted by Crippen LogP contribution is 2.14. The summed E-state index contributed by atoms with van der Waals surface area (Å²) in [6.45, 7) is 2.26. The summed E-state index contributed by atoms with van der Waals surface area (Å²) in [5.74, 6) is -0.586. The van der Waals surface area contributed by atoms with Crippen LogP contribution in [0.4, 0.5) is 0 Å².